The quantitative estimate of drug-likeness (QED) is 0.468. The summed E-state index contributed by atoms with van der Waals surface area (Å²) in [5.41, 5.74) is 6.93. The first kappa shape index (κ1) is 25.4. The minimum atomic E-state index is -0.964. The lowest BCUT2D eigenvalue weighted by atomic mass is 9.83. The Kier molecular flexibility index (Phi) is 7.32. The van der Waals surface area contributed by atoms with Crippen molar-refractivity contribution in [3.05, 3.63) is 92.7 Å². The van der Waals surface area contributed by atoms with Crippen molar-refractivity contribution in [1.29, 1.82) is 5.26 Å². The Morgan fingerprint density at radius 2 is 1.83 bits per heavy atom. The fourth-order valence-corrected chi connectivity index (χ4v) is 5.87. The lowest BCUT2D eigenvalue weighted by Crippen LogP contribution is -2.40. The van der Waals surface area contributed by atoms with Gasteiger partial charge >= 0.3 is 5.97 Å². The average molecular weight is 567 g/mol. The van der Waals surface area contributed by atoms with Crippen molar-refractivity contribution in [2.75, 3.05) is 6.61 Å². The summed E-state index contributed by atoms with van der Waals surface area (Å²) in [7, 11) is 0. The van der Waals surface area contributed by atoms with Gasteiger partial charge in [0.1, 0.15) is 10.5 Å². The van der Waals surface area contributed by atoms with Crippen LogP contribution in [0.3, 0.4) is 0 Å². The Morgan fingerprint density at radius 1 is 1.17 bits per heavy atom. The highest BCUT2D eigenvalue weighted by molar-refractivity contribution is 7.07. The van der Waals surface area contributed by atoms with Crippen LogP contribution < -0.4 is 20.5 Å². The van der Waals surface area contributed by atoms with Crippen LogP contribution in [-0.2, 0) is 9.53 Å². The molecule has 0 saturated carbocycles. The lowest BCUT2D eigenvalue weighted by Gasteiger charge is -2.25. The van der Waals surface area contributed by atoms with Crippen LogP contribution in [-0.4, -0.2) is 17.1 Å². The molecule has 2 aromatic carbocycles. The number of halogens is 4. The molecule has 0 aliphatic carbocycles. The van der Waals surface area contributed by atoms with Crippen molar-refractivity contribution in [3.63, 3.8) is 0 Å². The molecule has 1 aromatic heterocycles. The smallest absolute Gasteiger partial charge is 0.338 e. The molecule has 0 amide bonds. The van der Waals surface area contributed by atoms with Gasteiger partial charge in [0.05, 0.1) is 34.3 Å². The molecule has 1 atom stereocenters. The molecule has 4 rings (SSSR count). The van der Waals surface area contributed by atoms with Crippen LogP contribution >= 0.6 is 57.7 Å². The minimum absolute atomic E-state index is 0.0592. The summed E-state index contributed by atoms with van der Waals surface area (Å²) in [6.45, 7) is 1.71. The number of thiazole rings is 1. The molecule has 1 aliphatic heterocycles. The third-order valence-corrected chi connectivity index (χ3v) is 7.52. The van der Waals surface area contributed by atoms with Gasteiger partial charge in [-0.1, -0.05) is 58.5 Å². The number of fused-ring (bicyclic) bond motifs is 1. The van der Waals surface area contributed by atoms with E-state index in [1.807, 2.05) is 0 Å². The first-order chi connectivity index (χ1) is 16.7. The van der Waals surface area contributed by atoms with E-state index in [9.17, 15) is 14.9 Å². The number of carbonyl (C=O) groups is 1. The van der Waals surface area contributed by atoms with Crippen LogP contribution in [0.5, 0.6) is 0 Å². The van der Waals surface area contributed by atoms with Gasteiger partial charge in [0.25, 0.3) is 5.56 Å². The maximum absolute atomic E-state index is 13.4. The van der Waals surface area contributed by atoms with Crippen molar-refractivity contribution in [2.24, 2.45) is 5.73 Å². The summed E-state index contributed by atoms with van der Waals surface area (Å²) >= 11 is 25.8. The minimum Gasteiger partial charge on any atom is -0.463 e. The maximum Gasteiger partial charge on any atom is 0.338 e. The second-order valence-corrected chi connectivity index (χ2v) is 10.1. The maximum atomic E-state index is 13.4. The number of ether oxygens (including phenoxy) is 1. The Hall–Kier alpha value is -2.73. The largest absolute Gasteiger partial charge is 0.463 e. The third kappa shape index (κ3) is 4.61. The third-order valence-electron chi connectivity index (χ3n) is 5.29. The molecular weight excluding hydrogens is 552 g/mol. The highest BCUT2D eigenvalue weighted by Crippen LogP contribution is 2.40. The van der Waals surface area contributed by atoms with E-state index in [4.69, 9.17) is 56.9 Å². The first-order valence-electron chi connectivity index (χ1n) is 10.1. The predicted octanol–water partition coefficient (Wildman–Crippen LogP) is 4.51. The molecule has 0 radical (unpaired) electrons. The van der Waals surface area contributed by atoms with E-state index >= 15 is 0 Å². The van der Waals surface area contributed by atoms with Crippen LogP contribution in [0.15, 0.2) is 46.8 Å². The predicted molar refractivity (Wildman–Crippen MR) is 140 cm³/mol. The van der Waals surface area contributed by atoms with E-state index in [0.29, 0.717) is 26.2 Å². The zero-order valence-corrected chi connectivity index (χ0v) is 21.8. The van der Waals surface area contributed by atoms with Crippen LogP contribution in [0.4, 0.5) is 0 Å². The highest BCUT2D eigenvalue weighted by Gasteiger charge is 2.37. The second-order valence-electron chi connectivity index (χ2n) is 7.37. The van der Waals surface area contributed by atoms with E-state index in [-0.39, 0.29) is 37.8 Å². The Morgan fingerprint density at radius 3 is 2.43 bits per heavy atom. The number of esters is 1. The normalized spacial score (nSPS) is 15.7. The monoisotopic (exact) mass is 565 g/mol. The van der Waals surface area contributed by atoms with E-state index in [2.05, 4.69) is 6.07 Å². The molecule has 0 bridgehead atoms. The summed E-state index contributed by atoms with van der Waals surface area (Å²) < 4.78 is 6.90. The standard InChI is InChI=1S/C24H15Cl4N3O3S/c1-2-34-24(33)20-19(14-6-5-13(26)9-17(14)28)15(10-29)23-31(21(20)30)22(32)18(35-23)7-11-3-4-12(25)8-16(11)27/h3-9,19H,2,30H2,1H3/b18-7-/t19-/m0/s1. The molecular formula is C24H15Cl4N3O3S. The molecule has 2 N–H and O–H groups in total. The van der Waals surface area contributed by atoms with E-state index in [1.54, 1.807) is 43.3 Å². The Labute approximate surface area is 223 Å². The fourth-order valence-electron chi connectivity index (χ4n) is 3.77. The zero-order valence-electron chi connectivity index (χ0n) is 17.9. The number of hydrogen-bond donors (Lipinski definition) is 1. The van der Waals surface area contributed by atoms with Gasteiger partial charge < -0.3 is 10.5 Å². The zero-order chi connectivity index (χ0) is 25.4. The molecule has 178 valence electrons. The molecule has 11 heteroatoms. The second kappa shape index (κ2) is 10.1. The van der Waals surface area contributed by atoms with Crippen LogP contribution in [0.2, 0.25) is 20.1 Å². The molecule has 0 spiro atoms. The topological polar surface area (TPSA) is 98.1 Å². The molecule has 1 aliphatic rings. The van der Waals surface area contributed by atoms with Gasteiger partial charge in [0, 0.05) is 20.1 Å². The summed E-state index contributed by atoms with van der Waals surface area (Å²) in [4.78, 5) is 26.4. The number of aromatic nitrogens is 1. The van der Waals surface area contributed by atoms with Crippen molar-refractivity contribution in [3.8, 4) is 6.07 Å². The van der Waals surface area contributed by atoms with Crippen molar-refractivity contribution < 1.29 is 9.53 Å². The summed E-state index contributed by atoms with van der Waals surface area (Å²) in [6.07, 6.45) is 1.58. The Bertz CT molecular complexity index is 1630. The number of nitrogens with two attached hydrogens (primary N) is 1. The summed E-state index contributed by atoms with van der Waals surface area (Å²) in [5, 5.41) is 11.6. The van der Waals surface area contributed by atoms with Crippen molar-refractivity contribution in [2.45, 2.75) is 12.8 Å². The van der Waals surface area contributed by atoms with Crippen molar-refractivity contribution >= 4 is 81.2 Å². The average Bonchev–Trinajstić information content (AvgIpc) is 3.12. The SMILES string of the molecule is CCOC(=O)C1=C(N)n2c(s/c(=C\c3ccc(Cl)cc3Cl)c2=O)=C(C#N)[C@@H]1c1ccc(Cl)cc1Cl. The first-order valence-corrected chi connectivity index (χ1v) is 12.5. The number of rotatable bonds is 4. The van der Waals surface area contributed by atoms with E-state index in [1.165, 1.54) is 6.07 Å². The van der Waals surface area contributed by atoms with Gasteiger partial charge in [0.15, 0.2) is 0 Å². The number of hydrogen-bond acceptors (Lipinski definition) is 6. The fraction of sp³-hybridized carbons (Fsp3) is 0.125. The van der Waals surface area contributed by atoms with Gasteiger partial charge in [-0.2, -0.15) is 5.26 Å². The molecule has 0 fully saturated rings. The van der Waals surface area contributed by atoms with Gasteiger partial charge in [-0.3, -0.25) is 9.36 Å². The van der Waals surface area contributed by atoms with Gasteiger partial charge in [-0.05, 0) is 48.4 Å². The number of benzene rings is 2. The molecule has 6 nitrogen and oxygen atoms in total. The van der Waals surface area contributed by atoms with Gasteiger partial charge in [-0.25, -0.2) is 4.79 Å². The van der Waals surface area contributed by atoms with Gasteiger partial charge in [0.2, 0.25) is 0 Å². The van der Waals surface area contributed by atoms with Gasteiger partial charge in [-0.15, -0.1) is 11.3 Å². The molecule has 0 unspecified atom stereocenters. The van der Waals surface area contributed by atoms with Crippen molar-refractivity contribution in [1.82, 2.24) is 4.57 Å². The van der Waals surface area contributed by atoms with E-state index in [0.717, 1.165) is 15.9 Å². The lowest BCUT2D eigenvalue weighted by molar-refractivity contribution is -0.138. The van der Waals surface area contributed by atoms with E-state index < -0.39 is 17.4 Å². The Balaban J connectivity index is 2.09. The highest BCUT2D eigenvalue weighted by atomic mass is 35.5. The summed E-state index contributed by atoms with van der Waals surface area (Å²) in [6, 6.07) is 11.7. The molecule has 3 aromatic rings. The van der Waals surface area contributed by atoms with Crippen LogP contribution in [0.25, 0.3) is 17.5 Å². The van der Waals surface area contributed by atoms with Crippen LogP contribution in [0.1, 0.15) is 24.0 Å². The molecule has 35 heavy (non-hydrogen) atoms. The molecule has 2 heterocycles. The molecule has 0 saturated heterocycles. The number of carbonyl (C=O) groups excluding carboxylic acids is 1. The number of nitriles is 1. The summed E-state index contributed by atoms with van der Waals surface area (Å²) in [5.74, 6) is -1.87. The number of nitrogens with zero attached hydrogens (tertiary/aromatic N) is 2. The van der Waals surface area contributed by atoms with Crippen LogP contribution in [0, 0.1) is 11.3 Å².